The Kier molecular flexibility index (Phi) is 6.45. The first-order valence-corrected chi connectivity index (χ1v) is 10.7. The molecule has 0 saturated heterocycles. The molecule has 34 heavy (non-hydrogen) atoms. The number of aromatic nitrogens is 5. The number of methoxy groups -OCH3 is 1. The number of carbonyl (C=O) groups is 1. The second-order valence-corrected chi connectivity index (χ2v) is 7.93. The van der Waals surface area contributed by atoms with E-state index in [1.807, 2.05) is 24.3 Å². The molecule has 9 nitrogen and oxygen atoms in total. The lowest BCUT2D eigenvalue weighted by molar-refractivity contribution is -0.137. The van der Waals surface area contributed by atoms with Crippen molar-refractivity contribution < 1.29 is 22.7 Å². The minimum Gasteiger partial charge on any atom is -0.497 e. The lowest BCUT2D eigenvalue weighted by Crippen LogP contribution is -2.17. The Bertz CT molecular complexity index is 1300. The number of halogens is 3. The number of H-pyrrole nitrogens is 1. The van der Waals surface area contributed by atoms with Crippen LogP contribution >= 0.6 is 11.8 Å². The Morgan fingerprint density at radius 3 is 2.65 bits per heavy atom. The van der Waals surface area contributed by atoms with Crippen molar-refractivity contribution in [3.05, 3.63) is 60.2 Å². The van der Waals surface area contributed by atoms with Crippen molar-refractivity contribution in [3.63, 3.8) is 0 Å². The number of ether oxygens (including phenoxy) is 1. The molecule has 0 aliphatic rings. The van der Waals surface area contributed by atoms with Crippen LogP contribution in [0.1, 0.15) is 5.56 Å². The Morgan fingerprint density at radius 1 is 1.18 bits per heavy atom. The number of nitrogens with one attached hydrogen (secondary N) is 2. The van der Waals surface area contributed by atoms with E-state index in [1.165, 1.54) is 16.8 Å². The number of anilines is 1. The molecule has 1 amide bonds. The number of aromatic amines is 1. The highest BCUT2D eigenvalue weighted by Crippen LogP contribution is 2.31. The van der Waals surface area contributed by atoms with Crippen molar-refractivity contribution in [1.82, 2.24) is 25.1 Å². The quantitative estimate of drug-likeness (QED) is 0.266. The Morgan fingerprint density at radius 2 is 1.94 bits per heavy atom. The van der Waals surface area contributed by atoms with Crippen LogP contribution in [0.4, 0.5) is 18.9 Å². The highest BCUT2D eigenvalue weighted by Gasteiger charge is 2.30. The molecule has 0 unspecified atom stereocenters. The first kappa shape index (κ1) is 23.2. The largest absolute Gasteiger partial charge is 0.497 e. The van der Waals surface area contributed by atoms with Gasteiger partial charge in [-0.3, -0.25) is 9.89 Å². The normalized spacial score (nSPS) is 11.4. The summed E-state index contributed by atoms with van der Waals surface area (Å²) in [7, 11) is 1.58. The van der Waals surface area contributed by atoms with Gasteiger partial charge in [0.05, 0.1) is 24.1 Å². The summed E-state index contributed by atoms with van der Waals surface area (Å²) in [6, 6.07) is 13.5. The van der Waals surface area contributed by atoms with Gasteiger partial charge in [0.15, 0.2) is 0 Å². The lowest BCUT2D eigenvalue weighted by Gasteiger charge is -2.09. The number of rotatable bonds is 7. The van der Waals surface area contributed by atoms with E-state index >= 15 is 0 Å². The van der Waals surface area contributed by atoms with Crippen LogP contribution in [0.3, 0.4) is 0 Å². The number of hydrogen-bond acceptors (Lipinski definition) is 7. The molecule has 4 aromatic rings. The number of nitrogen functional groups attached to an aromatic ring is 1. The van der Waals surface area contributed by atoms with Crippen LogP contribution < -0.4 is 15.9 Å². The van der Waals surface area contributed by atoms with Gasteiger partial charge in [-0.2, -0.15) is 18.3 Å². The molecule has 0 bridgehead atoms. The summed E-state index contributed by atoms with van der Waals surface area (Å²) in [5.41, 5.74) is 1.22. The van der Waals surface area contributed by atoms with Crippen molar-refractivity contribution in [2.75, 3.05) is 24.0 Å². The lowest BCUT2D eigenvalue weighted by atomic mass is 10.1. The average molecular weight is 489 g/mol. The number of alkyl halides is 3. The molecule has 0 saturated carbocycles. The van der Waals surface area contributed by atoms with Crippen molar-refractivity contribution in [3.8, 4) is 28.5 Å². The summed E-state index contributed by atoms with van der Waals surface area (Å²) in [6.45, 7) is 0. The van der Waals surface area contributed by atoms with E-state index in [2.05, 4.69) is 25.7 Å². The second-order valence-electron chi connectivity index (χ2n) is 6.99. The molecular formula is C21H18F3N7O2S. The zero-order valence-electron chi connectivity index (χ0n) is 17.6. The molecule has 0 aliphatic heterocycles. The van der Waals surface area contributed by atoms with E-state index in [-0.39, 0.29) is 16.6 Å². The summed E-state index contributed by atoms with van der Waals surface area (Å²) in [4.78, 5) is 12.2. The zero-order chi connectivity index (χ0) is 24.3. The van der Waals surface area contributed by atoms with Crippen LogP contribution in [-0.4, -0.2) is 43.8 Å². The minimum atomic E-state index is -4.50. The highest BCUT2D eigenvalue weighted by atomic mass is 32.2. The van der Waals surface area contributed by atoms with Crippen LogP contribution in [0, 0.1) is 0 Å². The third-order valence-electron chi connectivity index (χ3n) is 4.68. The van der Waals surface area contributed by atoms with E-state index in [0.29, 0.717) is 17.2 Å². The maximum atomic E-state index is 12.8. The summed E-state index contributed by atoms with van der Waals surface area (Å²) in [5, 5.41) is 17.8. The van der Waals surface area contributed by atoms with Gasteiger partial charge >= 0.3 is 6.18 Å². The van der Waals surface area contributed by atoms with Gasteiger partial charge in [0.1, 0.15) is 11.4 Å². The first-order chi connectivity index (χ1) is 16.2. The minimum absolute atomic E-state index is 0.0406. The molecule has 2 aromatic heterocycles. The van der Waals surface area contributed by atoms with E-state index in [4.69, 9.17) is 10.6 Å². The van der Waals surface area contributed by atoms with Crippen LogP contribution in [-0.2, 0) is 11.0 Å². The zero-order valence-corrected chi connectivity index (χ0v) is 18.4. The molecule has 2 heterocycles. The van der Waals surface area contributed by atoms with Crippen LogP contribution in [0.2, 0.25) is 0 Å². The van der Waals surface area contributed by atoms with Gasteiger partial charge in [0.25, 0.3) is 0 Å². The molecular weight excluding hydrogens is 471 g/mol. The fourth-order valence-corrected chi connectivity index (χ4v) is 3.66. The molecule has 176 valence electrons. The predicted octanol–water partition coefficient (Wildman–Crippen LogP) is 3.81. The second kappa shape index (κ2) is 9.47. The highest BCUT2D eigenvalue weighted by molar-refractivity contribution is 7.99. The monoisotopic (exact) mass is 489 g/mol. The van der Waals surface area contributed by atoms with Gasteiger partial charge in [0, 0.05) is 11.3 Å². The van der Waals surface area contributed by atoms with E-state index < -0.39 is 17.6 Å². The van der Waals surface area contributed by atoms with Gasteiger partial charge in [-0.15, -0.1) is 10.2 Å². The SMILES string of the molecule is COc1ccc(-c2cc(-c3nnc(SCC(=O)Nc4cccc(C(F)(F)F)c4)n3N)[nH]n2)cc1. The maximum absolute atomic E-state index is 12.8. The topological polar surface area (TPSA) is 124 Å². The number of nitrogens with two attached hydrogens (primary N) is 1. The molecule has 0 radical (unpaired) electrons. The molecule has 4 rings (SSSR count). The van der Waals surface area contributed by atoms with Crippen molar-refractivity contribution in [2.45, 2.75) is 11.3 Å². The number of thioether (sulfide) groups is 1. The molecule has 0 aliphatic carbocycles. The molecule has 0 atom stereocenters. The number of nitrogens with zero attached hydrogens (tertiary/aromatic N) is 4. The van der Waals surface area contributed by atoms with Gasteiger partial charge in [-0.25, -0.2) is 4.68 Å². The summed E-state index contributed by atoms with van der Waals surface area (Å²) >= 11 is 0.989. The fourth-order valence-electron chi connectivity index (χ4n) is 3.01. The molecule has 0 fully saturated rings. The van der Waals surface area contributed by atoms with Crippen LogP contribution in [0.15, 0.2) is 59.8 Å². The van der Waals surface area contributed by atoms with Crippen molar-refractivity contribution in [2.24, 2.45) is 0 Å². The molecule has 13 heteroatoms. The fraction of sp³-hybridized carbons (Fsp3) is 0.143. The maximum Gasteiger partial charge on any atom is 0.416 e. The smallest absolute Gasteiger partial charge is 0.416 e. The number of benzene rings is 2. The third kappa shape index (κ3) is 5.14. The van der Waals surface area contributed by atoms with Gasteiger partial charge < -0.3 is 15.9 Å². The Labute approximate surface area is 195 Å². The number of carbonyl (C=O) groups excluding carboxylic acids is 1. The van der Waals surface area contributed by atoms with E-state index in [1.54, 1.807) is 13.2 Å². The summed E-state index contributed by atoms with van der Waals surface area (Å²) in [5.74, 6) is 6.45. The van der Waals surface area contributed by atoms with E-state index in [0.717, 1.165) is 35.2 Å². The summed E-state index contributed by atoms with van der Waals surface area (Å²) < 4.78 is 44.8. The third-order valence-corrected chi connectivity index (χ3v) is 5.62. The average Bonchev–Trinajstić information content (AvgIpc) is 3.44. The Hall–Kier alpha value is -4.00. The molecule has 0 spiro atoms. The van der Waals surface area contributed by atoms with Crippen LogP contribution in [0.5, 0.6) is 5.75 Å². The van der Waals surface area contributed by atoms with Gasteiger partial charge in [-0.05, 0) is 48.5 Å². The van der Waals surface area contributed by atoms with Crippen molar-refractivity contribution >= 4 is 23.4 Å². The van der Waals surface area contributed by atoms with Gasteiger partial charge in [0.2, 0.25) is 16.9 Å². The number of amides is 1. The number of hydrogen-bond donors (Lipinski definition) is 3. The summed E-state index contributed by atoms with van der Waals surface area (Å²) in [6.07, 6.45) is -4.50. The Balaban J connectivity index is 1.40. The first-order valence-electron chi connectivity index (χ1n) is 9.75. The predicted molar refractivity (Wildman–Crippen MR) is 121 cm³/mol. The van der Waals surface area contributed by atoms with Gasteiger partial charge in [-0.1, -0.05) is 17.8 Å². The van der Waals surface area contributed by atoms with E-state index in [9.17, 15) is 18.0 Å². The van der Waals surface area contributed by atoms with Crippen molar-refractivity contribution in [1.29, 1.82) is 0 Å². The van der Waals surface area contributed by atoms with Crippen LogP contribution in [0.25, 0.3) is 22.8 Å². The molecule has 2 aromatic carbocycles. The standard InChI is InChI=1S/C21H18F3N7O2S/c1-33-15-7-5-12(6-8-15)16-10-17(28-27-16)19-29-30-20(31(19)25)34-11-18(32)26-14-4-2-3-13(9-14)21(22,23)24/h2-10H,11,25H2,1H3,(H,26,32)(H,27,28). The molecule has 4 N–H and O–H groups in total.